The van der Waals surface area contributed by atoms with Crippen LogP contribution in [0.25, 0.3) is 0 Å². The number of methoxy groups -OCH3 is 1. The van der Waals surface area contributed by atoms with E-state index in [0.29, 0.717) is 17.6 Å². The summed E-state index contributed by atoms with van der Waals surface area (Å²) in [7, 11) is 1.51. The van der Waals surface area contributed by atoms with Crippen molar-refractivity contribution in [2.75, 3.05) is 7.11 Å². The number of ketones is 1. The van der Waals surface area contributed by atoms with E-state index >= 15 is 0 Å². The van der Waals surface area contributed by atoms with E-state index in [1.54, 1.807) is 24.3 Å². The molecule has 1 rings (SSSR count). The number of hydrogen-bond acceptors (Lipinski definition) is 3. The van der Waals surface area contributed by atoms with E-state index in [1.807, 2.05) is 0 Å². The largest absolute Gasteiger partial charge is 0.496 e. The molecule has 1 aromatic rings. The molecule has 1 unspecified atom stereocenters. The lowest BCUT2D eigenvalue weighted by atomic mass is 9.96. The smallest absolute Gasteiger partial charge is 0.144 e. The Morgan fingerprint density at radius 2 is 2.07 bits per heavy atom. The van der Waals surface area contributed by atoms with E-state index in [4.69, 9.17) is 4.74 Å². The van der Waals surface area contributed by atoms with Gasteiger partial charge in [0.1, 0.15) is 23.7 Å². The maximum absolute atomic E-state index is 11.2. The number of aldehydes is 1. The minimum Gasteiger partial charge on any atom is -0.496 e. The van der Waals surface area contributed by atoms with Gasteiger partial charge in [0.05, 0.1) is 7.11 Å². The zero-order valence-corrected chi connectivity index (χ0v) is 8.19. The van der Waals surface area contributed by atoms with Crippen molar-refractivity contribution in [1.82, 2.24) is 0 Å². The Hall–Kier alpha value is -1.64. The van der Waals surface area contributed by atoms with Crippen LogP contribution in [0.5, 0.6) is 5.75 Å². The topological polar surface area (TPSA) is 43.4 Å². The molecule has 0 aliphatic heterocycles. The summed E-state index contributed by atoms with van der Waals surface area (Å²) in [5.74, 6) is -0.324. The third-order valence-corrected chi connectivity index (χ3v) is 2.05. The van der Waals surface area contributed by atoms with Gasteiger partial charge in [-0.2, -0.15) is 0 Å². The second-order valence-corrected chi connectivity index (χ2v) is 2.97. The lowest BCUT2D eigenvalue weighted by molar-refractivity contribution is -0.122. The first-order valence-corrected chi connectivity index (χ1v) is 4.29. The highest BCUT2D eigenvalue weighted by Crippen LogP contribution is 2.25. The molecule has 0 aliphatic carbocycles. The number of hydrogen-bond donors (Lipinski definition) is 0. The van der Waals surface area contributed by atoms with E-state index < -0.39 is 5.92 Å². The van der Waals surface area contributed by atoms with E-state index in [-0.39, 0.29) is 5.78 Å². The molecule has 0 spiro atoms. The SMILES string of the molecule is COc1ccccc1C(C=O)C(C)=O. The van der Waals surface area contributed by atoms with Crippen molar-refractivity contribution in [3.63, 3.8) is 0 Å². The summed E-state index contributed by atoms with van der Waals surface area (Å²) in [5, 5.41) is 0. The Kier molecular flexibility index (Phi) is 3.40. The van der Waals surface area contributed by atoms with Gasteiger partial charge >= 0.3 is 0 Å². The first-order valence-electron chi connectivity index (χ1n) is 4.29. The van der Waals surface area contributed by atoms with Crippen molar-refractivity contribution >= 4 is 12.1 Å². The average molecular weight is 192 g/mol. The van der Waals surface area contributed by atoms with Crippen LogP contribution in [0.1, 0.15) is 18.4 Å². The maximum atomic E-state index is 11.2. The molecule has 3 heteroatoms. The van der Waals surface area contributed by atoms with Crippen LogP contribution in [-0.4, -0.2) is 19.2 Å². The van der Waals surface area contributed by atoms with Gasteiger partial charge in [0, 0.05) is 5.56 Å². The Morgan fingerprint density at radius 3 is 2.57 bits per heavy atom. The van der Waals surface area contributed by atoms with E-state index in [0.717, 1.165) is 0 Å². The van der Waals surface area contributed by atoms with E-state index in [2.05, 4.69) is 0 Å². The quantitative estimate of drug-likeness (QED) is 0.537. The second kappa shape index (κ2) is 4.56. The monoisotopic (exact) mass is 192 g/mol. The average Bonchev–Trinajstić information content (AvgIpc) is 2.19. The lowest BCUT2D eigenvalue weighted by Gasteiger charge is -2.11. The molecule has 0 radical (unpaired) electrons. The molecule has 0 saturated carbocycles. The Balaban J connectivity index is 3.15. The molecule has 0 aliphatic rings. The fourth-order valence-electron chi connectivity index (χ4n) is 1.31. The standard InChI is InChI=1S/C11H12O3/c1-8(13)10(7-12)9-5-3-4-6-11(9)14-2/h3-7,10H,1-2H3. The van der Waals surface area contributed by atoms with Gasteiger partial charge in [-0.15, -0.1) is 0 Å². The van der Waals surface area contributed by atoms with Crippen LogP contribution < -0.4 is 4.74 Å². The molecular weight excluding hydrogens is 180 g/mol. The van der Waals surface area contributed by atoms with Crippen LogP contribution in [0.2, 0.25) is 0 Å². The Morgan fingerprint density at radius 1 is 1.43 bits per heavy atom. The van der Waals surface area contributed by atoms with Crippen molar-refractivity contribution in [3.8, 4) is 5.75 Å². The van der Waals surface area contributed by atoms with Crippen LogP contribution in [-0.2, 0) is 9.59 Å². The highest BCUT2D eigenvalue weighted by atomic mass is 16.5. The van der Waals surface area contributed by atoms with Gasteiger partial charge < -0.3 is 9.53 Å². The minimum absolute atomic E-state index is 0.176. The predicted molar refractivity (Wildman–Crippen MR) is 52.5 cm³/mol. The van der Waals surface area contributed by atoms with Crippen LogP contribution in [0.4, 0.5) is 0 Å². The number of carbonyl (C=O) groups excluding carboxylic acids is 2. The summed E-state index contributed by atoms with van der Waals surface area (Å²) in [6.45, 7) is 1.39. The first-order chi connectivity index (χ1) is 6.70. The molecule has 14 heavy (non-hydrogen) atoms. The Labute approximate surface area is 82.7 Å². The van der Waals surface area contributed by atoms with Gasteiger partial charge in [-0.05, 0) is 13.0 Å². The Bertz CT molecular complexity index is 344. The molecule has 0 aromatic heterocycles. The molecule has 3 nitrogen and oxygen atoms in total. The number of Topliss-reactive ketones (excluding diaryl/α,β-unsaturated/α-hetero) is 1. The van der Waals surface area contributed by atoms with Gasteiger partial charge in [-0.25, -0.2) is 0 Å². The normalized spacial score (nSPS) is 11.9. The number of ether oxygens (including phenoxy) is 1. The summed E-state index contributed by atoms with van der Waals surface area (Å²) in [6, 6.07) is 7.02. The van der Waals surface area contributed by atoms with Crippen LogP contribution in [0.3, 0.4) is 0 Å². The third-order valence-electron chi connectivity index (χ3n) is 2.05. The van der Waals surface area contributed by atoms with Gasteiger partial charge in [-0.1, -0.05) is 18.2 Å². The highest BCUT2D eigenvalue weighted by Gasteiger charge is 2.18. The molecule has 0 bridgehead atoms. The predicted octanol–water partition coefficient (Wildman–Crippen LogP) is 1.57. The molecule has 0 saturated heterocycles. The molecule has 0 fully saturated rings. The summed E-state index contributed by atoms with van der Waals surface area (Å²) in [6.07, 6.45) is 0.639. The van der Waals surface area contributed by atoms with E-state index in [1.165, 1.54) is 14.0 Å². The van der Waals surface area contributed by atoms with Crippen LogP contribution >= 0.6 is 0 Å². The summed E-state index contributed by atoms with van der Waals surface area (Å²) in [5.41, 5.74) is 0.623. The minimum atomic E-state index is -0.717. The van der Waals surface area contributed by atoms with Crippen molar-refractivity contribution in [2.24, 2.45) is 0 Å². The van der Waals surface area contributed by atoms with Crippen LogP contribution in [0, 0.1) is 0 Å². The van der Waals surface area contributed by atoms with Crippen molar-refractivity contribution in [3.05, 3.63) is 29.8 Å². The second-order valence-electron chi connectivity index (χ2n) is 2.97. The third kappa shape index (κ3) is 1.99. The van der Waals surface area contributed by atoms with Crippen LogP contribution in [0.15, 0.2) is 24.3 Å². The summed E-state index contributed by atoms with van der Waals surface area (Å²) < 4.78 is 5.07. The summed E-state index contributed by atoms with van der Waals surface area (Å²) in [4.78, 5) is 21.9. The molecule has 0 heterocycles. The van der Waals surface area contributed by atoms with E-state index in [9.17, 15) is 9.59 Å². The van der Waals surface area contributed by atoms with Gasteiger partial charge in [0.2, 0.25) is 0 Å². The van der Waals surface area contributed by atoms with Crippen molar-refractivity contribution in [1.29, 1.82) is 0 Å². The molecule has 1 atom stereocenters. The van der Waals surface area contributed by atoms with Gasteiger partial charge in [-0.3, -0.25) is 4.79 Å². The molecular formula is C11H12O3. The molecule has 0 N–H and O–H groups in total. The zero-order chi connectivity index (χ0) is 10.6. The number of para-hydroxylation sites is 1. The highest BCUT2D eigenvalue weighted by molar-refractivity contribution is 5.98. The van der Waals surface area contributed by atoms with Gasteiger partial charge in [0.15, 0.2) is 0 Å². The van der Waals surface area contributed by atoms with Gasteiger partial charge in [0.25, 0.3) is 0 Å². The molecule has 0 amide bonds. The molecule has 1 aromatic carbocycles. The summed E-state index contributed by atoms with van der Waals surface area (Å²) >= 11 is 0. The fourth-order valence-corrected chi connectivity index (χ4v) is 1.31. The van der Waals surface area contributed by atoms with Crippen molar-refractivity contribution < 1.29 is 14.3 Å². The number of benzene rings is 1. The lowest BCUT2D eigenvalue weighted by Crippen LogP contribution is -2.11. The first kappa shape index (κ1) is 10.4. The fraction of sp³-hybridized carbons (Fsp3) is 0.273. The number of rotatable bonds is 4. The zero-order valence-electron chi connectivity index (χ0n) is 8.19. The van der Waals surface area contributed by atoms with Crippen molar-refractivity contribution in [2.45, 2.75) is 12.8 Å². The molecule has 74 valence electrons. The number of carbonyl (C=O) groups is 2. The maximum Gasteiger partial charge on any atom is 0.144 e.